The number of carbonyl (C=O) groups is 1. The van der Waals surface area contributed by atoms with Crippen LogP contribution >= 0.6 is 24.0 Å². The number of pyridine rings is 1. The molecular weight excluding hydrogens is 444 g/mol. The fourth-order valence-corrected chi connectivity index (χ4v) is 6.06. The van der Waals surface area contributed by atoms with Crippen LogP contribution in [0.1, 0.15) is 49.7 Å². The van der Waals surface area contributed by atoms with Crippen molar-refractivity contribution in [1.29, 1.82) is 0 Å². The molecule has 1 atom stereocenters. The fourth-order valence-electron chi connectivity index (χ4n) is 4.68. The second-order valence-electron chi connectivity index (χ2n) is 8.57. The molecule has 5 rings (SSSR count). The molecule has 0 unspecified atom stereocenters. The van der Waals surface area contributed by atoms with E-state index in [4.69, 9.17) is 21.9 Å². The molecule has 4 heterocycles. The summed E-state index contributed by atoms with van der Waals surface area (Å²) in [4.78, 5) is 33.6. The standard InChI is InChI=1S/C23H26N4O3S2/c1-14-6-4-10-26-20(14)25-19(24-13-16-9-5-11-30-16)17(21(26)28)12-18-22(29)27(23(31)32-18)15-7-2-3-8-15/h4,6,10,12,15-16,24H,2-3,5,7-9,11,13H2,1H3/b18-12+/t16-/m0/s1. The van der Waals surface area contributed by atoms with Crippen molar-refractivity contribution in [3.63, 3.8) is 0 Å². The van der Waals surface area contributed by atoms with Crippen LogP contribution in [0.2, 0.25) is 0 Å². The number of nitrogens with zero attached hydrogens (tertiary/aromatic N) is 3. The first-order valence-electron chi connectivity index (χ1n) is 11.2. The van der Waals surface area contributed by atoms with Gasteiger partial charge in [0, 0.05) is 25.4 Å². The predicted molar refractivity (Wildman–Crippen MR) is 131 cm³/mol. The highest BCUT2D eigenvalue weighted by molar-refractivity contribution is 8.26. The molecule has 0 aromatic carbocycles. The van der Waals surface area contributed by atoms with Gasteiger partial charge in [-0.25, -0.2) is 4.98 Å². The number of aryl methyl sites for hydroxylation is 1. The monoisotopic (exact) mass is 470 g/mol. The third-order valence-electron chi connectivity index (χ3n) is 6.39. The molecule has 9 heteroatoms. The molecule has 32 heavy (non-hydrogen) atoms. The quantitative estimate of drug-likeness (QED) is 0.527. The number of ether oxygens (including phenoxy) is 1. The number of hydrogen-bond acceptors (Lipinski definition) is 7. The molecule has 0 radical (unpaired) electrons. The van der Waals surface area contributed by atoms with E-state index in [1.807, 2.05) is 19.1 Å². The molecule has 1 N–H and O–H groups in total. The lowest BCUT2D eigenvalue weighted by Crippen LogP contribution is -2.36. The minimum atomic E-state index is -0.209. The van der Waals surface area contributed by atoms with Gasteiger partial charge >= 0.3 is 0 Å². The predicted octanol–water partition coefficient (Wildman–Crippen LogP) is 3.74. The van der Waals surface area contributed by atoms with Crippen LogP contribution in [0.4, 0.5) is 5.82 Å². The average Bonchev–Trinajstić information content (AvgIpc) is 3.52. The van der Waals surface area contributed by atoms with E-state index < -0.39 is 0 Å². The average molecular weight is 471 g/mol. The number of rotatable bonds is 5. The van der Waals surface area contributed by atoms with Crippen molar-refractivity contribution in [2.75, 3.05) is 18.5 Å². The Morgan fingerprint density at radius 3 is 2.84 bits per heavy atom. The summed E-state index contributed by atoms with van der Waals surface area (Å²) in [5.41, 5.74) is 1.67. The number of anilines is 1. The van der Waals surface area contributed by atoms with Crippen LogP contribution in [0.25, 0.3) is 11.7 Å². The molecule has 2 aromatic heterocycles. The zero-order valence-corrected chi connectivity index (χ0v) is 19.6. The zero-order chi connectivity index (χ0) is 22.2. The SMILES string of the molecule is Cc1cccn2c(=O)c(/C=C3/SC(=S)N(C4CCCC4)C3=O)c(NC[C@@H]3CCCO3)nc12. The molecule has 0 bridgehead atoms. The highest BCUT2D eigenvalue weighted by Gasteiger charge is 2.38. The van der Waals surface area contributed by atoms with E-state index in [-0.39, 0.29) is 23.6 Å². The molecule has 0 spiro atoms. The summed E-state index contributed by atoms with van der Waals surface area (Å²) < 4.78 is 7.83. The molecule has 168 valence electrons. The lowest BCUT2D eigenvalue weighted by atomic mass is 10.2. The number of carbonyl (C=O) groups excluding carboxylic acids is 1. The van der Waals surface area contributed by atoms with Gasteiger partial charge in [0.15, 0.2) is 0 Å². The van der Waals surface area contributed by atoms with Gasteiger partial charge in [-0.1, -0.05) is 42.9 Å². The van der Waals surface area contributed by atoms with Crippen LogP contribution in [-0.4, -0.2) is 49.8 Å². The first-order valence-corrected chi connectivity index (χ1v) is 12.4. The van der Waals surface area contributed by atoms with Gasteiger partial charge < -0.3 is 10.1 Å². The molecule has 3 fully saturated rings. The van der Waals surface area contributed by atoms with E-state index in [2.05, 4.69) is 5.32 Å². The van der Waals surface area contributed by atoms with Crippen LogP contribution in [0, 0.1) is 6.92 Å². The van der Waals surface area contributed by atoms with Gasteiger partial charge in [0.25, 0.3) is 11.5 Å². The number of thiocarbonyl (C=S) groups is 1. The molecule has 2 aromatic rings. The van der Waals surface area contributed by atoms with Crippen molar-refractivity contribution in [2.24, 2.45) is 0 Å². The Morgan fingerprint density at radius 1 is 1.28 bits per heavy atom. The summed E-state index contributed by atoms with van der Waals surface area (Å²) in [6.07, 6.45) is 9.69. The second-order valence-corrected chi connectivity index (χ2v) is 10.2. The highest BCUT2D eigenvalue weighted by Crippen LogP contribution is 2.38. The summed E-state index contributed by atoms with van der Waals surface area (Å²) in [5.74, 6) is 0.372. The molecule has 1 aliphatic carbocycles. The summed E-state index contributed by atoms with van der Waals surface area (Å²) >= 11 is 6.80. The van der Waals surface area contributed by atoms with Crippen LogP contribution in [0.3, 0.4) is 0 Å². The van der Waals surface area contributed by atoms with Gasteiger partial charge in [-0.05, 0) is 50.3 Å². The number of nitrogens with one attached hydrogen (secondary N) is 1. The van der Waals surface area contributed by atoms with Crippen molar-refractivity contribution in [3.8, 4) is 0 Å². The number of thioether (sulfide) groups is 1. The van der Waals surface area contributed by atoms with Crippen molar-refractivity contribution in [3.05, 3.63) is 44.7 Å². The molecule has 1 amide bonds. The van der Waals surface area contributed by atoms with E-state index >= 15 is 0 Å². The topological polar surface area (TPSA) is 75.9 Å². The minimum absolute atomic E-state index is 0.0977. The number of amides is 1. The molecular formula is C23H26N4O3S2. The maximum Gasteiger partial charge on any atom is 0.267 e. The summed E-state index contributed by atoms with van der Waals surface area (Å²) in [5, 5.41) is 3.32. The Morgan fingerprint density at radius 2 is 2.09 bits per heavy atom. The zero-order valence-electron chi connectivity index (χ0n) is 18.0. The van der Waals surface area contributed by atoms with Gasteiger partial charge in [0.05, 0.1) is 16.6 Å². The number of aromatic nitrogens is 2. The van der Waals surface area contributed by atoms with Crippen LogP contribution < -0.4 is 10.9 Å². The highest BCUT2D eigenvalue weighted by atomic mass is 32.2. The third-order valence-corrected chi connectivity index (χ3v) is 7.72. The Labute approximate surface area is 196 Å². The third kappa shape index (κ3) is 3.97. The largest absolute Gasteiger partial charge is 0.376 e. The smallest absolute Gasteiger partial charge is 0.267 e. The maximum atomic E-state index is 13.5. The van der Waals surface area contributed by atoms with Crippen molar-refractivity contribution >= 4 is 51.7 Å². The van der Waals surface area contributed by atoms with Crippen molar-refractivity contribution < 1.29 is 9.53 Å². The lowest BCUT2D eigenvalue weighted by molar-refractivity contribution is -0.123. The summed E-state index contributed by atoms with van der Waals surface area (Å²) in [7, 11) is 0. The van der Waals surface area contributed by atoms with E-state index in [1.54, 1.807) is 17.2 Å². The molecule has 3 aliphatic rings. The summed E-state index contributed by atoms with van der Waals surface area (Å²) in [6.45, 7) is 3.26. The second kappa shape index (κ2) is 8.96. The minimum Gasteiger partial charge on any atom is -0.376 e. The van der Waals surface area contributed by atoms with E-state index in [0.29, 0.717) is 32.8 Å². The molecule has 2 saturated heterocycles. The van der Waals surface area contributed by atoms with Gasteiger partial charge in [0.2, 0.25) is 0 Å². The normalized spacial score (nSPS) is 23.2. The summed E-state index contributed by atoms with van der Waals surface area (Å²) in [6, 6.07) is 3.93. The van der Waals surface area contributed by atoms with Gasteiger partial charge in [-0.15, -0.1) is 0 Å². The number of fused-ring (bicyclic) bond motifs is 1. The Balaban J connectivity index is 1.55. The van der Waals surface area contributed by atoms with E-state index in [9.17, 15) is 9.59 Å². The van der Waals surface area contributed by atoms with Crippen molar-refractivity contribution in [1.82, 2.24) is 14.3 Å². The van der Waals surface area contributed by atoms with Crippen LogP contribution in [0.5, 0.6) is 0 Å². The lowest BCUT2D eigenvalue weighted by Gasteiger charge is -2.21. The van der Waals surface area contributed by atoms with Crippen LogP contribution in [-0.2, 0) is 9.53 Å². The maximum absolute atomic E-state index is 13.5. The van der Waals surface area contributed by atoms with Crippen molar-refractivity contribution in [2.45, 2.75) is 57.6 Å². The fraction of sp³-hybridized carbons (Fsp3) is 0.478. The first-order chi connectivity index (χ1) is 15.5. The van der Waals surface area contributed by atoms with Gasteiger partial charge in [0.1, 0.15) is 15.8 Å². The van der Waals surface area contributed by atoms with E-state index in [0.717, 1.165) is 50.7 Å². The number of hydrogen-bond donors (Lipinski definition) is 1. The van der Waals surface area contributed by atoms with Gasteiger partial charge in [-0.2, -0.15) is 0 Å². The Hall–Kier alpha value is -2.23. The van der Waals surface area contributed by atoms with Gasteiger partial charge in [-0.3, -0.25) is 18.9 Å². The molecule has 2 aliphatic heterocycles. The Bertz CT molecular complexity index is 1160. The molecule has 1 saturated carbocycles. The first kappa shape index (κ1) is 21.6. The van der Waals surface area contributed by atoms with Crippen LogP contribution in [0.15, 0.2) is 28.0 Å². The Kier molecular flexibility index (Phi) is 6.05. The molecule has 7 nitrogen and oxygen atoms in total. The van der Waals surface area contributed by atoms with E-state index in [1.165, 1.54) is 16.2 Å².